The molecule has 0 radical (unpaired) electrons. The Morgan fingerprint density at radius 2 is 1.57 bits per heavy atom. The Morgan fingerprint density at radius 3 is 2.28 bits per heavy atom. The molecule has 3 aliphatic rings. The molecule has 16 nitrogen and oxygen atoms in total. The van der Waals surface area contributed by atoms with Crippen molar-refractivity contribution in [1.29, 1.82) is 0 Å². The molecule has 0 spiro atoms. The van der Waals surface area contributed by atoms with Crippen LogP contribution in [-0.4, -0.2) is 103 Å². The zero-order valence-corrected chi connectivity index (χ0v) is 35.6. The highest BCUT2D eigenvalue weighted by Crippen LogP contribution is 2.44. The summed E-state index contributed by atoms with van der Waals surface area (Å²) in [6.45, 7) is 9.68. The lowest BCUT2D eigenvalue weighted by atomic mass is 9.92. The number of methoxy groups -OCH3 is 2. The lowest BCUT2D eigenvalue weighted by Crippen LogP contribution is -2.55. The predicted molar refractivity (Wildman–Crippen MR) is 227 cm³/mol. The highest BCUT2D eigenvalue weighted by molar-refractivity contribution is 6.07. The van der Waals surface area contributed by atoms with Gasteiger partial charge in [-0.1, -0.05) is 39.0 Å². The Labute approximate surface area is 353 Å². The van der Waals surface area contributed by atoms with Crippen LogP contribution in [0.5, 0.6) is 5.75 Å². The third-order valence-electron chi connectivity index (χ3n) is 12.7. The number of H-pyrrole nitrogens is 2. The number of likely N-dealkylation sites (tertiary alicyclic amines) is 2. The average molecular weight is 835 g/mol. The molecule has 7 atom stereocenters. The number of carbonyl (C=O) groups is 4. The first-order chi connectivity index (χ1) is 29.3. The minimum Gasteiger partial charge on any atom is -0.488 e. The molecule has 0 saturated carbocycles. The zero-order valence-electron chi connectivity index (χ0n) is 35.6. The minimum atomic E-state index is -1.17. The molecule has 0 aliphatic carbocycles. The van der Waals surface area contributed by atoms with Gasteiger partial charge < -0.3 is 49.7 Å². The number of nitrogens with zero attached hydrogens (tertiary/aromatic N) is 4. The second-order valence-electron chi connectivity index (χ2n) is 16.8. The predicted octanol–water partition coefficient (Wildman–Crippen LogP) is 6.65. The molecule has 0 unspecified atom stereocenters. The number of aliphatic hydroxyl groups excluding tert-OH is 1. The van der Waals surface area contributed by atoms with E-state index in [1.165, 1.54) is 21.1 Å². The normalized spacial score (nSPS) is 21.1. The maximum Gasteiger partial charge on any atom is 0.407 e. The maximum atomic E-state index is 14.0. The molecule has 5 aromatic rings. The summed E-state index contributed by atoms with van der Waals surface area (Å²) in [4.78, 5) is 72.4. The van der Waals surface area contributed by atoms with Crippen LogP contribution in [0, 0.1) is 5.92 Å². The highest BCUT2D eigenvalue weighted by atomic mass is 16.5. The van der Waals surface area contributed by atoms with Crippen LogP contribution in [0.2, 0.25) is 0 Å². The van der Waals surface area contributed by atoms with Gasteiger partial charge in [-0.05, 0) is 98.2 Å². The summed E-state index contributed by atoms with van der Waals surface area (Å²) < 4.78 is 16.0. The van der Waals surface area contributed by atoms with Crippen LogP contribution in [0.15, 0.2) is 48.7 Å². The van der Waals surface area contributed by atoms with Gasteiger partial charge in [-0.3, -0.25) is 9.59 Å². The molecule has 2 saturated heterocycles. The lowest BCUT2D eigenvalue weighted by Gasteiger charge is -2.33. The molecule has 4 amide bonds. The van der Waals surface area contributed by atoms with Crippen LogP contribution in [0.3, 0.4) is 0 Å². The number of ether oxygens (including phenoxy) is 3. The highest BCUT2D eigenvalue weighted by Gasteiger charge is 2.44. The molecule has 8 rings (SSSR count). The smallest absolute Gasteiger partial charge is 0.407 e. The number of aromatic amines is 2. The van der Waals surface area contributed by atoms with Crippen molar-refractivity contribution in [3.63, 3.8) is 0 Å². The minimum absolute atomic E-state index is 0.0236. The number of rotatable bonds is 10. The van der Waals surface area contributed by atoms with Crippen LogP contribution in [0.1, 0.15) is 96.0 Å². The van der Waals surface area contributed by atoms with Crippen molar-refractivity contribution in [1.82, 2.24) is 40.4 Å². The molecule has 2 fully saturated rings. The van der Waals surface area contributed by atoms with E-state index in [9.17, 15) is 24.3 Å². The number of alkyl carbamates (subject to hydrolysis) is 2. The molecule has 2 aromatic heterocycles. The van der Waals surface area contributed by atoms with Crippen molar-refractivity contribution in [2.75, 3.05) is 14.2 Å². The van der Waals surface area contributed by atoms with Gasteiger partial charge in [-0.25, -0.2) is 19.6 Å². The van der Waals surface area contributed by atoms with Crippen molar-refractivity contribution < 1.29 is 38.5 Å². The van der Waals surface area contributed by atoms with E-state index in [-0.39, 0.29) is 41.9 Å². The van der Waals surface area contributed by atoms with Crippen molar-refractivity contribution in [2.24, 2.45) is 5.92 Å². The van der Waals surface area contributed by atoms with Gasteiger partial charge in [-0.2, -0.15) is 0 Å². The van der Waals surface area contributed by atoms with Crippen molar-refractivity contribution >= 4 is 45.8 Å². The topological polar surface area (TPSA) is 204 Å². The van der Waals surface area contributed by atoms with E-state index in [0.29, 0.717) is 31.1 Å². The first kappa shape index (κ1) is 41.6. The summed E-state index contributed by atoms with van der Waals surface area (Å²) in [6.07, 6.45) is 2.95. The third kappa shape index (κ3) is 7.62. The van der Waals surface area contributed by atoms with Crippen LogP contribution in [-0.2, 0) is 25.7 Å². The number of aromatic nitrogens is 4. The Kier molecular flexibility index (Phi) is 11.4. The Bertz CT molecular complexity index is 2490. The van der Waals surface area contributed by atoms with Gasteiger partial charge in [0.1, 0.15) is 36.1 Å². The number of amides is 4. The van der Waals surface area contributed by atoms with E-state index < -0.39 is 30.4 Å². The quantitative estimate of drug-likeness (QED) is 0.101. The largest absolute Gasteiger partial charge is 0.488 e. The first-order valence-electron chi connectivity index (χ1n) is 21.1. The molecule has 61 heavy (non-hydrogen) atoms. The summed E-state index contributed by atoms with van der Waals surface area (Å²) in [5.41, 5.74) is 6.41. The number of benzene rings is 3. The van der Waals surface area contributed by atoms with Gasteiger partial charge in [0.25, 0.3) is 0 Å². The standard InChI is InChI=1S/C45H54N8O8/c1-8-28-12-16-35(53(28)43(56)38(24(5)54)51-45(58)60-7)41-47-32-14-11-25-18-31-29-13-10-26(17-27(29)21-61-36(31)19-30(25)39(32)49-41)33-20-46-40(48-33)34-15-9-23(4)52(34)42(55)37(22(2)3)50-44(57)59-6/h10-11,13-14,17-20,22-24,28,34-35,37-38,54H,8-9,12,15-16,21H2,1-7H3,(H,46,48)(H,47,49)(H,50,57)(H,51,58)/t23-,24+,28-,34-,35-,37-,38-/m0/s1. The Balaban J connectivity index is 1.05. The van der Waals surface area contributed by atoms with E-state index >= 15 is 0 Å². The second-order valence-corrected chi connectivity index (χ2v) is 16.8. The molecule has 3 aromatic carbocycles. The SMILES string of the molecule is CC[C@H]1CC[C@@H](c2nc3c(ccc4cc5c(cc43)OCc3cc(-c4cnc([C@@H]6CC[C@H](C)N6C(=O)[C@@H](NC(=O)OC)C(C)C)[nH]4)ccc3-5)[nH]2)N1C(=O)[C@@H](NC(=O)OC)[C@@H](C)O. The maximum absolute atomic E-state index is 14.0. The zero-order chi connectivity index (χ0) is 43.3. The van der Waals surface area contributed by atoms with Crippen LogP contribution in [0.4, 0.5) is 9.59 Å². The second kappa shape index (κ2) is 16.7. The number of hydrogen-bond donors (Lipinski definition) is 5. The third-order valence-corrected chi connectivity index (χ3v) is 12.7. The first-order valence-corrected chi connectivity index (χ1v) is 21.1. The van der Waals surface area contributed by atoms with E-state index in [1.807, 2.05) is 44.7 Å². The summed E-state index contributed by atoms with van der Waals surface area (Å²) in [5.74, 6) is 1.41. The molecular formula is C45H54N8O8. The molecule has 5 heterocycles. The van der Waals surface area contributed by atoms with E-state index in [1.54, 1.807) is 11.1 Å². The van der Waals surface area contributed by atoms with E-state index in [2.05, 4.69) is 50.9 Å². The molecule has 16 heteroatoms. The number of nitrogens with one attached hydrogen (secondary N) is 4. The van der Waals surface area contributed by atoms with Gasteiger partial charge in [0.05, 0.1) is 55.3 Å². The average Bonchev–Trinajstić information content (AvgIpc) is 4.08. The lowest BCUT2D eigenvalue weighted by molar-refractivity contribution is -0.139. The molecule has 3 aliphatic heterocycles. The molecule has 5 N–H and O–H groups in total. The number of carbonyl (C=O) groups excluding carboxylic acids is 4. The van der Waals surface area contributed by atoms with Crippen LogP contribution >= 0.6 is 0 Å². The Morgan fingerprint density at radius 1 is 0.869 bits per heavy atom. The number of aliphatic hydroxyl groups is 1. The fraction of sp³-hybridized carbons (Fsp3) is 0.467. The summed E-state index contributed by atoms with van der Waals surface area (Å²) in [6, 6.07) is 11.8. The van der Waals surface area contributed by atoms with Crippen LogP contribution < -0.4 is 15.4 Å². The monoisotopic (exact) mass is 834 g/mol. The summed E-state index contributed by atoms with van der Waals surface area (Å²) in [7, 11) is 2.51. The fourth-order valence-electron chi connectivity index (χ4n) is 9.39. The summed E-state index contributed by atoms with van der Waals surface area (Å²) in [5, 5.41) is 17.6. The van der Waals surface area contributed by atoms with Gasteiger partial charge in [-0.15, -0.1) is 0 Å². The number of fused-ring (bicyclic) bond motifs is 6. The van der Waals surface area contributed by atoms with E-state index in [0.717, 1.165) is 74.8 Å². The van der Waals surface area contributed by atoms with Gasteiger partial charge in [0.15, 0.2) is 0 Å². The van der Waals surface area contributed by atoms with Crippen molar-refractivity contribution in [2.45, 2.75) is 116 Å². The van der Waals surface area contributed by atoms with Gasteiger partial charge >= 0.3 is 12.2 Å². The van der Waals surface area contributed by atoms with Gasteiger partial charge in [0, 0.05) is 23.0 Å². The fourth-order valence-corrected chi connectivity index (χ4v) is 9.39. The van der Waals surface area contributed by atoms with Crippen molar-refractivity contribution in [3.8, 4) is 28.1 Å². The Hall–Kier alpha value is -6.16. The van der Waals surface area contributed by atoms with E-state index in [4.69, 9.17) is 24.2 Å². The number of hydrogen-bond acceptors (Lipinski definition) is 10. The van der Waals surface area contributed by atoms with Crippen molar-refractivity contribution in [3.05, 3.63) is 65.9 Å². The number of imidazole rings is 2. The molecular weight excluding hydrogens is 781 g/mol. The molecule has 322 valence electrons. The van der Waals surface area contributed by atoms with Crippen LogP contribution in [0.25, 0.3) is 44.2 Å². The molecule has 0 bridgehead atoms. The van der Waals surface area contributed by atoms with Gasteiger partial charge in [0.2, 0.25) is 11.8 Å². The summed E-state index contributed by atoms with van der Waals surface area (Å²) >= 11 is 0.